The third-order valence-electron chi connectivity index (χ3n) is 2.18. The van der Waals surface area contributed by atoms with Gasteiger partial charge in [0.25, 0.3) is 5.91 Å². The summed E-state index contributed by atoms with van der Waals surface area (Å²) < 4.78 is 0. The largest absolute Gasteiger partial charge is 0.382 e. The molecular weight excluding hydrogens is 260 g/mol. The normalized spacial score (nSPS) is 11.2. The van der Waals surface area contributed by atoms with Gasteiger partial charge in [0.05, 0.1) is 0 Å². The minimum atomic E-state index is -0.125. The fourth-order valence-corrected chi connectivity index (χ4v) is 2.60. The van der Waals surface area contributed by atoms with Gasteiger partial charge < -0.3 is 16.0 Å². The second-order valence-electron chi connectivity index (χ2n) is 5.73. The van der Waals surface area contributed by atoms with Crippen LogP contribution in [0.2, 0.25) is 0 Å². The zero-order valence-electron chi connectivity index (χ0n) is 12.2. The number of anilines is 2. The van der Waals surface area contributed by atoms with Crippen LogP contribution in [0.15, 0.2) is 12.2 Å². The fraction of sp³-hybridized carbons (Fsp3) is 0.538. The van der Waals surface area contributed by atoms with Crippen LogP contribution in [0.3, 0.4) is 0 Å². The van der Waals surface area contributed by atoms with Gasteiger partial charge in [-0.05, 0) is 27.7 Å². The first-order valence-electron chi connectivity index (χ1n) is 6.04. The van der Waals surface area contributed by atoms with Gasteiger partial charge in [-0.2, -0.15) is 0 Å². The van der Waals surface area contributed by atoms with Crippen molar-refractivity contribution in [3.63, 3.8) is 0 Å². The number of amides is 1. The summed E-state index contributed by atoms with van der Waals surface area (Å²) in [4.78, 5) is 18.5. The Morgan fingerprint density at radius 3 is 2.58 bits per heavy atom. The Kier molecular flexibility index (Phi) is 4.57. The van der Waals surface area contributed by atoms with E-state index in [9.17, 15) is 4.79 Å². The zero-order chi connectivity index (χ0) is 14.8. The average molecular weight is 282 g/mol. The van der Waals surface area contributed by atoms with Gasteiger partial charge in [0.1, 0.15) is 10.7 Å². The van der Waals surface area contributed by atoms with Crippen molar-refractivity contribution in [2.75, 3.05) is 24.6 Å². The highest BCUT2D eigenvalue weighted by Crippen LogP contribution is 2.28. The van der Waals surface area contributed by atoms with Gasteiger partial charge in [-0.1, -0.05) is 23.5 Å². The number of rotatable bonds is 4. The van der Waals surface area contributed by atoms with E-state index in [1.807, 2.05) is 27.7 Å². The fourth-order valence-electron chi connectivity index (χ4n) is 1.51. The number of nitrogens with one attached hydrogen (secondary N) is 1. The molecule has 6 heteroatoms. The Hall–Kier alpha value is -1.56. The molecule has 0 aliphatic carbocycles. The Balaban J connectivity index is 2.90. The van der Waals surface area contributed by atoms with Crippen LogP contribution in [0, 0.1) is 0 Å². The van der Waals surface area contributed by atoms with Crippen LogP contribution < -0.4 is 11.1 Å². The van der Waals surface area contributed by atoms with E-state index in [0.717, 1.165) is 5.57 Å². The molecule has 1 aromatic rings. The Morgan fingerprint density at radius 1 is 1.53 bits per heavy atom. The predicted octanol–water partition coefficient (Wildman–Crippen LogP) is 2.58. The summed E-state index contributed by atoms with van der Waals surface area (Å²) in [5.41, 5.74) is 6.63. The molecule has 0 aliphatic heterocycles. The minimum absolute atomic E-state index is 0.117. The summed E-state index contributed by atoms with van der Waals surface area (Å²) in [6.07, 6.45) is 0. The highest BCUT2D eigenvalue weighted by atomic mass is 32.1. The number of nitrogens with two attached hydrogens (primary N) is 1. The van der Waals surface area contributed by atoms with E-state index >= 15 is 0 Å². The second-order valence-corrected chi connectivity index (χ2v) is 6.73. The van der Waals surface area contributed by atoms with Gasteiger partial charge in [0.2, 0.25) is 0 Å². The number of nitrogens with zero attached hydrogens (tertiary/aromatic N) is 2. The lowest BCUT2D eigenvalue weighted by Gasteiger charge is -2.19. The van der Waals surface area contributed by atoms with E-state index in [-0.39, 0.29) is 17.3 Å². The Bertz CT molecular complexity index is 487. The third kappa shape index (κ3) is 4.55. The first kappa shape index (κ1) is 15.5. The molecule has 3 N–H and O–H groups in total. The van der Waals surface area contributed by atoms with Gasteiger partial charge in [0, 0.05) is 19.1 Å². The number of likely N-dealkylation sites (N-methyl/N-ethyl adjacent to an activating group) is 1. The van der Waals surface area contributed by atoms with E-state index < -0.39 is 0 Å². The van der Waals surface area contributed by atoms with E-state index in [2.05, 4.69) is 16.9 Å². The Labute approximate surface area is 118 Å². The maximum atomic E-state index is 12.2. The molecule has 1 rings (SSSR count). The molecule has 0 radical (unpaired) electrons. The summed E-state index contributed by atoms with van der Waals surface area (Å²) in [5, 5.41) is 3.88. The van der Waals surface area contributed by atoms with Crippen LogP contribution in [-0.2, 0) is 0 Å². The molecule has 0 fully saturated rings. The first-order chi connectivity index (χ1) is 8.60. The van der Waals surface area contributed by atoms with Gasteiger partial charge in [0.15, 0.2) is 5.13 Å². The molecule has 19 heavy (non-hydrogen) atoms. The number of carbonyl (C=O) groups is 1. The average Bonchev–Trinajstić information content (AvgIpc) is 2.54. The second kappa shape index (κ2) is 5.61. The van der Waals surface area contributed by atoms with E-state index in [4.69, 9.17) is 5.73 Å². The van der Waals surface area contributed by atoms with Crippen LogP contribution in [0.4, 0.5) is 10.9 Å². The summed E-state index contributed by atoms with van der Waals surface area (Å²) >= 11 is 1.28. The molecule has 1 aromatic heterocycles. The van der Waals surface area contributed by atoms with Gasteiger partial charge in [-0.25, -0.2) is 4.98 Å². The molecule has 0 aliphatic rings. The van der Waals surface area contributed by atoms with E-state index in [0.29, 0.717) is 16.6 Å². The highest BCUT2D eigenvalue weighted by Gasteiger charge is 2.21. The number of thiazole rings is 1. The molecule has 1 amide bonds. The molecule has 106 valence electrons. The molecule has 0 atom stereocenters. The van der Waals surface area contributed by atoms with Crippen molar-refractivity contribution in [2.45, 2.75) is 33.2 Å². The van der Waals surface area contributed by atoms with Crippen molar-refractivity contribution >= 4 is 28.2 Å². The molecular formula is C13H22N4OS. The third-order valence-corrected chi connectivity index (χ3v) is 3.16. The highest BCUT2D eigenvalue weighted by molar-refractivity contribution is 7.18. The van der Waals surface area contributed by atoms with Crippen LogP contribution in [0.25, 0.3) is 0 Å². The smallest absolute Gasteiger partial charge is 0.267 e. The van der Waals surface area contributed by atoms with Crippen molar-refractivity contribution in [2.24, 2.45) is 0 Å². The molecule has 1 heterocycles. The van der Waals surface area contributed by atoms with Crippen molar-refractivity contribution in [1.29, 1.82) is 0 Å². The van der Waals surface area contributed by atoms with Crippen molar-refractivity contribution in [1.82, 2.24) is 9.88 Å². The minimum Gasteiger partial charge on any atom is -0.382 e. The van der Waals surface area contributed by atoms with Gasteiger partial charge in [-0.3, -0.25) is 4.79 Å². The number of nitrogen functional groups attached to an aromatic ring is 1. The van der Waals surface area contributed by atoms with Crippen molar-refractivity contribution in [3.05, 3.63) is 17.0 Å². The van der Waals surface area contributed by atoms with Gasteiger partial charge >= 0.3 is 0 Å². The van der Waals surface area contributed by atoms with Crippen molar-refractivity contribution < 1.29 is 4.79 Å². The molecule has 0 spiro atoms. The number of aromatic nitrogens is 1. The first-order valence-corrected chi connectivity index (χ1v) is 6.86. The zero-order valence-corrected chi connectivity index (χ0v) is 13.0. The van der Waals surface area contributed by atoms with Crippen LogP contribution >= 0.6 is 11.3 Å². The predicted molar refractivity (Wildman–Crippen MR) is 81.7 cm³/mol. The number of hydrogen-bond donors (Lipinski definition) is 2. The monoisotopic (exact) mass is 282 g/mol. The summed E-state index contributed by atoms with van der Waals surface area (Å²) in [7, 11) is 1.73. The molecule has 0 unspecified atom stereocenters. The summed E-state index contributed by atoms with van der Waals surface area (Å²) in [6.45, 7) is 12.3. The number of hydrogen-bond acceptors (Lipinski definition) is 5. The van der Waals surface area contributed by atoms with Gasteiger partial charge in [-0.15, -0.1) is 0 Å². The molecule has 0 bridgehead atoms. The van der Waals surface area contributed by atoms with E-state index in [1.54, 1.807) is 11.9 Å². The Morgan fingerprint density at radius 2 is 2.11 bits per heavy atom. The standard InChI is InChI=1S/C13H22N4OS/c1-8(2)7-17(6)11(18)9-10(14)15-12(19-9)16-13(3,4)5/h1,7,14H2,2-6H3,(H,15,16). The maximum Gasteiger partial charge on any atom is 0.267 e. The maximum absolute atomic E-state index is 12.2. The number of carbonyl (C=O) groups excluding carboxylic acids is 1. The quantitative estimate of drug-likeness (QED) is 0.833. The van der Waals surface area contributed by atoms with Crippen LogP contribution in [0.1, 0.15) is 37.4 Å². The molecule has 0 aromatic carbocycles. The SMILES string of the molecule is C=C(C)CN(C)C(=O)c1sc(NC(C)(C)C)nc1N. The topological polar surface area (TPSA) is 71.2 Å². The molecule has 0 saturated heterocycles. The van der Waals surface area contributed by atoms with E-state index in [1.165, 1.54) is 11.3 Å². The summed E-state index contributed by atoms with van der Waals surface area (Å²) in [6, 6.07) is 0. The lowest BCUT2D eigenvalue weighted by molar-refractivity contribution is 0.0812. The molecule has 5 nitrogen and oxygen atoms in total. The van der Waals surface area contributed by atoms with Crippen LogP contribution in [-0.4, -0.2) is 34.9 Å². The van der Waals surface area contributed by atoms with Crippen molar-refractivity contribution in [3.8, 4) is 0 Å². The summed E-state index contributed by atoms with van der Waals surface area (Å²) in [5.74, 6) is 0.148. The molecule has 0 saturated carbocycles. The lowest BCUT2D eigenvalue weighted by Crippen LogP contribution is -2.28. The van der Waals surface area contributed by atoms with Crippen LogP contribution in [0.5, 0.6) is 0 Å². The lowest BCUT2D eigenvalue weighted by atomic mass is 10.1.